The highest BCUT2D eigenvalue weighted by Crippen LogP contribution is 2.38. The zero-order valence-electron chi connectivity index (χ0n) is 26.5. The van der Waals surface area contributed by atoms with Crippen LogP contribution in [0.1, 0.15) is 53.5 Å². The summed E-state index contributed by atoms with van der Waals surface area (Å²) in [5.41, 5.74) is 7.48. The van der Waals surface area contributed by atoms with Crippen LogP contribution in [-0.4, -0.2) is 62.3 Å². The van der Waals surface area contributed by atoms with E-state index in [1.165, 1.54) is 5.56 Å². The number of nitrogens with one attached hydrogen (secondary N) is 2. The zero-order chi connectivity index (χ0) is 32.2. The fourth-order valence-corrected chi connectivity index (χ4v) is 7.51. The molecule has 1 amide bonds. The van der Waals surface area contributed by atoms with Gasteiger partial charge in [0.1, 0.15) is 0 Å². The van der Waals surface area contributed by atoms with Crippen LogP contribution in [0, 0.1) is 6.92 Å². The number of ether oxygens (including phenoxy) is 2. The van der Waals surface area contributed by atoms with Gasteiger partial charge in [-0.1, -0.05) is 71.2 Å². The number of halogens is 3. The molecule has 3 aromatic carbocycles. The molecule has 9 heteroatoms. The Morgan fingerprint density at radius 3 is 2.37 bits per heavy atom. The Bertz CT molecular complexity index is 1570. The fourth-order valence-electron chi connectivity index (χ4n) is 6.62. The number of carbonyl (C=O) groups excluding carboxylic acids is 1. The molecule has 2 unspecified atom stereocenters. The Labute approximate surface area is 287 Å². The number of fused-ring (bicyclic) bond motifs is 2. The predicted molar refractivity (Wildman–Crippen MR) is 187 cm³/mol. The number of piperazine rings is 1. The van der Waals surface area contributed by atoms with Crippen LogP contribution in [0.3, 0.4) is 0 Å². The van der Waals surface area contributed by atoms with Crippen molar-refractivity contribution in [2.45, 2.75) is 70.1 Å². The topological polar surface area (TPSA) is 62.8 Å². The minimum Gasteiger partial charge on any atom is -0.490 e. The number of hydrogen-bond acceptors (Lipinski definition) is 5. The number of rotatable bonds is 13. The second-order valence-electron chi connectivity index (χ2n) is 12.7. The van der Waals surface area contributed by atoms with Gasteiger partial charge >= 0.3 is 0 Å². The molecule has 0 aromatic heterocycles. The molecule has 3 aromatic rings. The van der Waals surface area contributed by atoms with Gasteiger partial charge in [-0.05, 0) is 90.6 Å². The van der Waals surface area contributed by atoms with Crippen molar-refractivity contribution in [3.8, 4) is 5.75 Å². The molecule has 3 aliphatic rings. The monoisotopic (exact) mass is 681 g/mol. The summed E-state index contributed by atoms with van der Waals surface area (Å²) in [7, 11) is 1.73. The third kappa shape index (κ3) is 7.92. The smallest absolute Gasteiger partial charge is 0.252 e. The van der Waals surface area contributed by atoms with Gasteiger partial charge in [0, 0.05) is 62.5 Å². The van der Waals surface area contributed by atoms with E-state index in [4.69, 9.17) is 44.3 Å². The maximum atomic E-state index is 14.6. The summed E-state index contributed by atoms with van der Waals surface area (Å²) in [6, 6.07) is 19.0. The quantitative estimate of drug-likeness (QED) is 0.184. The second kappa shape index (κ2) is 15.1. The average molecular weight is 683 g/mol. The average Bonchev–Trinajstić information content (AvgIpc) is 3.88. The van der Waals surface area contributed by atoms with E-state index in [0.29, 0.717) is 40.4 Å². The number of amides is 1. The number of aryl methyl sites for hydroxylation is 2. The molecule has 6 nitrogen and oxygen atoms in total. The molecule has 2 bridgehead atoms. The van der Waals surface area contributed by atoms with Crippen molar-refractivity contribution >= 4 is 46.3 Å². The number of carbonyl (C=O) groups is 1. The summed E-state index contributed by atoms with van der Waals surface area (Å²) in [5.74, 6) is 0.635. The van der Waals surface area contributed by atoms with Crippen LogP contribution in [0.5, 0.6) is 5.75 Å². The van der Waals surface area contributed by atoms with Gasteiger partial charge in [-0.2, -0.15) is 0 Å². The molecule has 0 radical (unpaired) electrons. The van der Waals surface area contributed by atoms with Gasteiger partial charge < -0.3 is 25.0 Å². The molecular formula is C37H42Cl3N3O3. The van der Waals surface area contributed by atoms with Crippen molar-refractivity contribution in [2.24, 2.45) is 0 Å². The first-order valence-electron chi connectivity index (χ1n) is 16.3. The van der Waals surface area contributed by atoms with E-state index >= 15 is 0 Å². The molecule has 1 aliphatic carbocycles. The molecular weight excluding hydrogens is 641 g/mol. The van der Waals surface area contributed by atoms with Gasteiger partial charge in [0.25, 0.3) is 5.91 Å². The molecule has 244 valence electrons. The first kappa shape index (κ1) is 33.3. The largest absolute Gasteiger partial charge is 0.490 e. The number of nitrogens with zero attached hydrogens (tertiary/aromatic N) is 1. The van der Waals surface area contributed by atoms with Crippen molar-refractivity contribution in [3.63, 3.8) is 0 Å². The van der Waals surface area contributed by atoms with E-state index in [-0.39, 0.29) is 24.0 Å². The molecule has 2 aliphatic heterocycles. The van der Waals surface area contributed by atoms with Crippen LogP contribution in [0.15, 0.2) is 60.2 Å². The van der Waals surface area contributed by atoms with Crippen molar-refractivity contribution in [1.82, 2.24) is 15.5 Å². The third-order valence-electron chi connectivity index (χ3n) is 9.13. The van der Waals surface area contributed by atoms with Gasteiger partial charge in [0.2, 0.25) is 0 Å². The molecule has 46 heavy (non-hydrogen) atoms. The summed E-state index contributed by atoms with van der Waals surface area (Å²) in [6.07, 6.45) is 5.42. The van der Waals surface area contributed by atoms with Crippen LogP contribution < -0.4 is 15.4 Å². The van der Waals surface area contributed by atoms with Crippen LogP contribution >= 0.6 is 34.8 Å². The van der Waals surface area contributed by atoms with Gasteiger partial charge in [-0.25, -0.2) is 0 Å². The number of hydrogen-bond donors (Lipinski definition) is 2. The van der Waals surface area contributed by atoms with E-state index in [1.807, 2.05) is 25.1 Å². The highest BCUT2D eigenvalue weighted by Gasteiger charge is 2.41. The summed E-state index contributed by atoms with van der Waals surface area (Å²) in [4.78, 5) is 16.7. The lowest BCUT2D eigenvalue weighted by atomic mass is 9.83. The Balaban J connectivity index is 1.22. The molecule has 2 N–H and O–H groups in total. The molecule has 1 saturated carbocycles. The lowest BCUT2D eigenvalue weighted by Crippen LogP contribution is -2.60. The maximum Gasteiger partial charge on any atom is 0.252 e. The van der Waals surface area contributed by atoms with Gasteiger partial charge in [-0.3, -0.25) is 4.79 Å². The third-order valence-corrected chi connectivity index (χ3v) is 10.1. The fraction of sp³-hybridized carbons (Fsp3) is 0.432. The number of methoxy groups -OCH3 is 1. The van der Waals surface area contributed by atoms with Gasteiger partial charge in [-0.15, -0.1) is 0 Å². The zero-order valence-corrected chi connectivity index (χ0v) is 28.8. The highest BCUT2D eigenvalue weighted by atomic mass is 35.5. The van der Waals surface area contributed by atoms with E-state index in [9.17, 15) is 4.79 Å². The maximum absolute atomic E-state index is 14.6. The van der Waals surface area contributed by atoms with Crippen LogP contribution in [0.25, 0.3) is 5.57 Å². The summed E-state index contributed by atoms with van der Waals surface area (Å²) < 4.78 is 11.2. The SMILES string of the molecule is COCCCc1ccc(Cl)c(CN(C(=O)C2=C(c3ccc(CCOc4c(Cl)cc(C)cc4Cl)cc3)CC3CNCC2N3)C2CC2)c1. The Kier molecular flexibility index (Phi) is 10.9. The number of benzene rings is 3. The van der Waals surface area contributed by atoms with E-state index in [0.717, 1.165) is 85.2 Å². The summed E-state index contributed by atoms with van der Waals surface area (Å²) in [6.45, 7) is 5.26. The minimum atomic E-state index is -0.0378. The van der Waals surface area contributed by atoms with E-state index in [1.54, 1.807) is 7.11 Å². The van der Waals surface area contributed by atoms with Crippen LogP contribution in [-0.2, 0) is 28.9 Å². The minimum absolute atomic E-state index is 0.0378. The first-order valence-corrected chi connectivity index (χ1v) is 17.4. The Hall–Kier alpha value is -2.58. The van der Waals surface area contributed by atoms with Crippen LogP contribution in [0.2, 0.25) is 15.1 Å². The normalized spacial score (nSPS) is 19.3. The molecule has 6 rings (SSSR count). The summed E-state index contributed by atoms with van der Waals surface area (Å²) >= 11 is 19.4. The van der Waals surface area contributed by atoms with Crippen LogP contribution in [0.4, 0.5) is 0 Å². The molecule has 0 spiro atoms. The second-order valence-corrected chi connectivity index (χ2v) is 13.9. The predicted octanol–water partition coefficient (Wildman–Crippen LogP) is 7.43. The highest BCUT2D eigenvalue weighted by molar-refractivity contribution is 6.37. The van der Waals surface area contributed by atoms with Gasteiger partial charge in [0.05, 0.1) is 22.7 Å². The molecule has 1 saturated heterocycles. The van der Waals surface area contributed by atoms with E-state index in [2.05, 4.69) is 51.9 Å². The summed E-state index contributed by atoms with van der Waals surface area (Å²) in [5, 5.41) is 9.02. The Morgan fingerprint density at radius 2 is 1.65 bits per heavy atom. The Morgan fingerprint density at radius 1 is 0.913 bits per heavy atom. The lowest BCUT2D eigenvalue weighted by Gasteiger charge is -2.41. The van der Waals surface area contributed by atoms with Crippen molar-refractivity contribution in [2.75, 3.05) is 33.4 Å². The standard InChI is InChI=1S/C37H42Cl3N3O3/c1-23-16-32(39)36(33(40)17-23)46-15-13-24-5-8-26(9-6-24)30-19-28-20-41-21-34(42-28)35(30)37(44)43(29-10-11-29)22-27-18-25(4-3-14-45-2)7-12-31(27)38/h5-9,12,16-18,28-29,34,41-42H,3-4,10-11,13-15,19-22H2,1-2H3. The molecule has 2 heterocycles. The molecule has 2 fully saturated rings. The van der Waals surface area contributed by atoms with E-state index < -0.39 is 0 Å². The van der Waals surface area contributed by atoms with Crippen molar-refractivity contribution in [3.05, 3.63) is 103 Å². The molecule has 2 atom stereocenters. The van der Waals surface area contributed by atoms with Gasteiger partial charge in [0.15, 0.2) is 5.75 Å². The van der Waals surface area contributed by atoms with Crippen molar-refractivity contribution in [1.29, 1.82) is 0 Å². The van der Waals surface area contributed by atoms with Crippen molar-refractivity contribution < 1.29 is 14.3 Å². The lowest BCUT2D eigenvalue weighted by molar-refractivity contribution is -0.128. The first-order chi connectivity index (χ1) is 22.3.